The smallest absolute Gasteiger partial charge is 0.282 e. The molecule has 120 valence electrons. The van der Waals surface area contributed by atoms with Gasteiger partial charge in [0.1, 0.15) is 11.3 Å². The number of hydrogen-bond donors (Lipinski definition) is 1. The fraction of sp³-hybridized carbons (Fsp3) is 0.0526. The van der Waals surface area contributed by atoms with Crippen LogP contribution in [0.25, 0.3) is 6.08 Å². The van der Waals surface area contributed by atoms with Crippen LogP contribution >= 0.6 is 0 Å². The summed E-state index contributed by atoms with van der Waals surface area (Å²) in [5, 5.41) is 1.25. The first-order valence-corrected chi connectivity index (χ1v) is 7.42. The molecule has 1 aliphatic rings. The molecule has 2 aromatic carbocycles. The number of rotatable bonds is 4. The van der Waals surface area contributed by atoms with Gasteiger partial charge in [-0.3, -0.25) is 15.0 Å². The van der Waals surface area contributed by atoms with Crippen LogP contribution in [0.3, 0.4) is 0 Å². The van der Waals surface area contributed by atoms with E-state index in [1.807, 2.05) is 36.4 Å². The number of methoxy groups -OCH3 is 1. The van der Waals surface area contributed by atoms with E-state index in [-0.39, 0.29) is 11.5 Å². The van der Waals surface area contributed by atoms with Crippen LogP contribution in [0.4, 0.5) is 5.69 Å². The van der Waals surface area contributed by atoms with Crippen molar-refractivity contribution in [3.05, 3.63) is 77.9 Å². The van der Waals surface area contributed by atoms with E-state index < -0.39 is 5.91 Å². The largest absolute Gasteiger partial charge is 0.497 e. The average Bonchev–Trinajstić information content (AvgIpc) is 2.91. The van der Waals surface area contributed by atoms with Gasteiger partial charge in [-0.25, -0.2) is 5.01 Å². The third kappa shape index (κ3) is 3.20. The molecule has 0 bridgehead atoms. The average molecular weight is 320 g/mol. The number of carbonyl (C=O) groups excluding carboxylic acids is 2. The molecule has 2 aromatic rings. The number of carbonyl (C=O) groups is 2. The lowest BCUT2D eigenvalue weighted by molar-refractivity contribution is -0.117. The second-order valence-electron chi connectivity index (χ2n) is 5.13. The fourth-order valence-corrected chi connectivity index (χ4v) is 2.31. The van der Waals surface area contributed by atoms with Gasteiger partial charge in [0, 0.05) is 0 Å². The molecule has 1 saturated heterocycles. The summed E-state index contributed by atoms with van der Waals surface area (Å²) in [6.07, 6.45) is 5.02. The molecule has 0 radical (unpaired) electrons. The number of nitrogens with one attached hydrogen (secondary N) is 1. The molecule has 0 atom stereocenters. The Balaban J connectivity index is 1.76. The Morgan fingerprint density at radius 1 is 1.00 bits per heavy atom. The number of anilines is 1. The Labute approximate surface area is 139 Å². The van der Waals surface area contributed by atoms with Gasteiger partial charge in [-0.1, -0.05) is 42.5 Å². The second-order valence-corrected chi connectivity index (χ2v) is 5.13. The molecule has 1 fully saturated rings. The van der Waals surface area contributed by atoms with E-state index in [0.29, 0.717) is 5.69 Å². The van der Waals surface area contributed by atoms with Crippen LogP contribution in [-0.2, 0) is 9.59 Å². The molecule has 5 heteroatoms. The first-order valence-electron chi connectivity index (χ1n) is 7.42. The van der Waals surface area contributed by atoms with Crippen molar-refractivity contribution in [3.63, 3.8) is 0 Å². The van der Waals surface area contributed by atoms with Crippen LogP contribution in [0.2, 0.25) is 0 Å². The van der Waals surface area contributed by atoms with Crippen molar-refractivity contribution < 1.29 is 14.3 Å². The SMILES string of the molecule is COc1ccc(/C=C/C=C2/C(=O)NN(c3ccccc3)C2=O)cc1. The van der Waals surface area contributed by atoms with E-state index in [0.717, 1.165) is 11.3 Å². The van der Waals surface area contributed by atoms with Gasteiger partial charge in [0.2, 0.25) is 0 Å². The molecule has 0 spiro atoms. The number of hydrazine groups is 1. The summed E-state index contributed by atoms with van der Waals surface area (Å²) >= 11 is 0. The predicted octanol–water partition coefficient (Wildman–Crippen LogP) is 2.71. The first-order chi connectivity index (χ1) is 11.7. The lowest BCUT2D eigenvalue weighted by Crippen LogP contribution is -2.35. The Hall–Kier alpha value is -3.34. The minimum Gasteiger partial charge on any atom is -0.497 e. The van der Waals surface area contributed by atoms with Gasteiger partial charge < -0.3 is 4.74 Å². The molecule has 1 heterocycles. The maximum Gasteiger partial charge on any atom is 0.282 e. The third-order valence-electron chi connectivity index (χ3n) is 3.57. The monoisotopic (exact) mass is 320 g/mol. The van der Waals surface area contributed by atoms with E-state index >= 15 is 0 Å². The van der Waals surface area contributed by atoms with Gasteiger partial charge in [-0.05, 0) is 35.9 Å². The molecule has 24 heavy (non-hydrogen) atoms. The van der Waals surface area contributed by atoms with Crippen molar-refractivity contribution >= 4 is 23.6 Å². The van der Waals surface area contributed by atoms with Gasteiger partial charge in [0.25, 0.3) is 11.8 Å². The Morgan fingerprint density at radius 3 is 2.38 bits per heavy atom. The highest BCUT2D eigenvalue weighted by molar-refractivity contribution is 6.29. The van der Waals surface area contributed by atoms with Crippen molar-refractivity contribution in [1.29, 1.82) is 0 Å². The molecule has 3 rings (SSSR count). The molecule has 5 nitrogen and oxygen atoms in total. The van der Waals surface area contributed by atoms with Crippen LogP contribution in [0.5, 0.6) is 5.75 Å². The summed E-state index contributed by atoms with van der Waals surface area (Å²) < 4.78 is 5.10. The third-order valence-corrected chi connectivity index (χ3v) is 3.57. The van der Waals surface area contributed by atoms with E-state index in [2.05, 4.69) is 5.43 Å². The summed E-state index contributed by atoms with van der Waals surface area (Å²) in [5.74, 6) is -0.0110. The lowest BCUT2D eigenvalue weighted by atomic mass is 10.1. The lowest BCUT2D eigenvalue weighted by Gasteiger charge is -2.13. The minimum absolute atomic E-state index is 0.101. The van der Waals surface area contributed by atoms with Crippen molar-refractivity contribution in [2.24, 2.45) is 0 Å². The van der Waals surface area contributed by atoms with Gasteiger partial charge in [-0.15, -0.1) is 0 Å². The van der Waals surface area contributed by atoms with Crippen LogP contribution in [-0.4, -0.2) is 18.9 Å². The summed E-state index contributed by atoms with van der Waals surface area (Å²) in [6, 6.07) is 16.4. The number of nitrogens with zero attached hydrogens (tertiary/aromatic N) is 1. The van der Waals surface area contributed by atoms with Crippen molar-refractivity contribution in [2.75, 3.05) is 12.1 Å². The number of ether oxygens (including phenoxy) is 1. The quantitative estimate of drug-likeness (QED) is 0.696. The molecular formula is C19H16N2O3. The Morgan fingerprint density at radius 2 is 1.71 bits per heavy atom. The normalized spacial score (nSPS) is 16.0. The topological polar surface area (TPSA) is 58.6 Å². The maximum atomic E-state index is 12.4. The van der Waals surface area contributed by atoms with Gasteiger partial charge >= 0.3 is 0 Å². The van der Waals surface area contributed by atoms with E-state index in [9.17, 15) is 9.59 Å². The molecule has 1 aliphatic heterocycles. The van der Waals surface area contributed by atoms with Crippen molar-refractivity contribution in [2.45, 2.75) is 0 Å². The number of benzene rings is 2. The maximum absolute atomic E-state index is 12.4. The van der Waals surface area contributed by atoms with Crippen LogP contribution < -0.4 is 15.2 Å². The van der Waals surface area contributed by atoms with E-state index in [4.69, 9.17) is 4.74 Å². The molecule has 0 unspecified atom stereocenters. The first kappa shape index (κ1) is 15.6. The number of allylic oxidation sites excluding steroid dienone is 2. The van der Waals surface area contributed by atoms with Crippen LogP contribution in [0.15, 0.2) is 72.3 Å². The summed E-state index contributed by atoms with van der Waals surface area (Å²) in [7, 11) is 1.61. The summed E-state index contributed by atoms with van der Waals surface area (Å²) in [5.41, 5.74) is 4.23. The predicted molar refractivity (Wildman–Crippen MR) is 92.2 cm³/mol. The fourth-order valence-electron chi connectivity index (χ4n) is 2.31. The second kappa shape index (κ2) is 6.83. The zero-order chi connectivity index (χ0) is 16.9. The highest BCUT2D eigenvalue weighted by Crippen LogP contribution is 2.19. The summed E-state index contributed by atoms with van der Waals surface area (Å²) in [6.45, 7) is 0. The number of amides is 2. The van der Waals surface area contributed by atoms with Crippen molar-refractivity contribution in [3.8, 4) is 5.75 Å². The number of para-hydroxylation sites is 1. The zero-order valence-corrected chi connectivity index (χ0v) is 13.1. The van der Waals surface area contributed by atoms with Gasteiger partial charge in [0.15, 0.2) is 0 Å². The Kier molecular flexibility index (Phi) is 4.43. The molecule has 0 aromatic heterocycles. The molecular weight excluding hydrogens is 304 g/mol. The molecule has 0 saturated carbocycles. The standard InChI is InChI=1S/C19H16N2O3/c1-24-16-12-10-14(11-13-16)6-5-9-17-18(22)20-21(19(17)23)15-7-3-2-4-8-15/h2-13H,1H3,(H,20,22)/b6-5+,17-9-. The number of hydrogen-bond acceptors (Lipinski definition) is 3. The van der Waals surface area contributed by atoms with Gasteiger partial charge in [-0.2, -0.15) is 0 Å². The van der Waals surface area contributed by atoms with Crippen LogP contribution in [0, 0.1) is 0 Å². The zero-order valence-electron chi connectivity index (χ0n) is 13.1. The Bertz CT molecular complexity index is 808. The van der Waals surface area contributed by atoms with E-state index in [1.54, 1.807) is 37.5 Å². The van der Waals surface area contributed by atoms with Crippen LogP contribution in [0.1, 0.15) is 5.56 Å². The minimum atomic E-state index is -0.414. The molecule has 1 N–H and O–H groups in total. The highest BCUT2D eigenvalue weighted by atomic mass is 16.5. The molecule has 0 aliphatic carbocycles. The van der Waals surface area contributed by atoms with Crippen molar-refractivity contribution in [1.82, 2.24) is 5.43 Å². The van der Waals surface area contributed by atoms with Gasteiger partial charge in [0.05, 0.1) is 12.8 Å². The van der Waals surface area contributed by atoms with E-state index in [1.165, 1.54) is 11.1 Å². The molecule has 2 amide bonds. The highest BCUT2D eigenvalue weighted by Gasteiger charge is 2.33. The summed E-state index contributed by atoms with van der Waals surface area (Å²) in [4.78, 5) is 24.4.